The molecule has 0 saturated carbocycles. The lowest BCUT2D eigenvalue weighted by atomic mass is 10.3. The molecule has 0 bridgehead atoms. The summed E-state index contributed by atoms with van der Waals surface area (Å²) in [6.07, 6.45) is 4.54. The summed E-state index contributed by atoms with van der Waals surface area (Å²) in [7, 11) is 0. The third-order valence-electron chi connectivity index (χ3n) is 2.26. The molecule has 1 aromatic rings. The Kier molecular flexibility index (Phi) is 6.45. The number of nitrogens with one attached hydrogen (secondary N) is 1. The van der Waals surface area contributed by atoms with E-state index in [-0.39, 0.29) is 5.69 Å². The summed E-state index contributed by atoms with van der Waals surface area (Å²) in [5, 5.41) is 11.3. The van der Waals surface area contributed by atoms with E-state index in [2.05, 4.69) is 4.72 Å². The van der Waals surface area contributed by atoms with Crippen LogP contribution in [0.5, 0.6) is 0 Å². The van der Waals surface area contributed by atoms with Gasteiger partial charge in [-0.15, -0.1) is 0 Å². The Morgan fingerprint density at radius 2 is 2.11 bits per heavy atom. The molecule has 0 aliphatic heterocycles. The van der Waals surface area contributed by atoms with Crippen molar-refractivity contribution in [2.75, 3.05) is 0 Å². The van der Waals surface area contributed by atoms with Gasteiger partial charge in [-0.2, -0.15) is 0 Å². The van der Waals surface area contributed by atoms with Gasteiger partial charge in [0.05, 0.1) is 10.6 Å². The maximum Gasteiger partial charge on any atom is 0.269 e. The van der Waals surface area contributed by atoms with Crippen molar-refractivity contribution in [1.82, 2.24) is 4.72 Å². The van der Waals surface area contributed by atoms with Crippen LogP contribution < -0.4 is 4.72 Å². The summed E-state index contributed by atoms with van der Waals surface area (Å²) in [6.45, 7) is 3.89. The molecule has 6 heteroatoms. The highest BCUT2D eigenvalue weighted by Crippen LogP contribution is 2.22. The van der Waals surface area contributed by atoms with Crippen molar-refractivity contribution >= 4 is 29.2 Å². The minimum absolute atomic E-state index is 0.0835. The molecule has 0 aromatic heterocycles. The van der Waals surface area contributed by atoms with Gasteiger partial charge in [-0.1, -0.05) is 24.6 Å². The molecule has 0 heterocycles. The second kappa shape index (κ2) is 7.86. The molecule has 1 N–H and O–H groups in total. The van der Waals surface area contributed by atoms with Crippen LogP contribution in [0.2, 0.25) is 0 Å². The Labute approximate surface area is 121 Å². The number of allylic oxidation sites excluding steroid dienone is 3. The first-order chi connectivity index (χ1) is 9.08. The molecular formula is C13H15ClN2O2S. The fraction of sp³-hybridized carbons (Fsp3) is 0.231. The van der Waals surface area contributed by atoms with E-state index in [0.29, 0.717) is 0 Å². The average molecular weight is 299 g/mol. The number of nitro benzene ring substituents is 1. The summed E-state index contributed by atoms with van der Waals surface area (Å²) in [4.78, 5) is 11.0. The monoisotopic (exact) mass is 298 g/mol. The number of nitro groups is 1. The molecule has 0 atom stereocenters. The number of nitrogens with zero attached hydrogens (tertiary/aromatic N) is 1. The van der Waals surface area contributed by atoms with Crippen molar-refractivity contribution in [3.8, 4) is 0 Å². The summed E-state index contributed by atoms with van der Waals surface area (Å²) in [6, 6.07) is 6.35. The fourth-order valence-corrected chi connectivity index (χ4v) is 2.14. The van der Waals surface area contributed by atoms with Crippen molar-refractivity contribution in [2.24, 2.45) is 0 Å². The van der Waals surface area contributed by atoms with Gasteiger partial charge in [0.15, 0.2) is 0 Å². The van der Waals surface area contributed by atoms with Gasteiger partial charge >= 0.3 is 0 Å². The van der Waals surface area contributed by atoms with E-state index in [4.69, 9.17) is 11.6 Å². The quantitative estimate of drug-likeness (QED) is 0.360. The SMILES string of the molecule is C/C=C\C(NSc1ccc([N+](=O)[O-])cc1)=C(\Cl)CC. The van der Waals surface area contributed by atoms with E-state index in [0.717, 1.165) is 22.0 Å². The molecular weight excluding hydrogens is 284 g/mol. The summed E-state index contributed by atoms with van der Waals surface area (Å²) < 4.78 is 3.14. The van der Waals surface area contributed by atoms with E-state index in [1.54, 1.807) is 12.1 Å². The van der Waals surface area contributed by atoms with Crippen LogP contribution in [-0.4, -0.2) is 4.92 Å². The van der Waals surface area contributed by atoms with Crippen molar-refractivity contribution in [1.29, 1.82) is 0 Å². The lowest BCUT2D eigenvalue weighted by Gasteiger charge is -2.08. The molecule has 0 saturated heterocycles. The fourth-order valence-electron chi connectivity index (χ4n) is 1.29. The third kappa shape index (κ3) is 4.96. The Hall–Kier alpha value is -1.46. The second-order valence-corrected chi connectivity index (χ2v) is 4.96. The van der Waals surface area contributed by atoms with Gasteiger partial charge in [-0.05, 0) is 43.5 Å². The Morgan fingerprint density at radius 3 is 2.58 bits per heavy atom. The number of rotatable bonds is 6. The highest BCUT2D eigenvalue weighted by atomic mass is 35.5. The van der Waals surface area contributed by atoms with E-state index in [9.17, 15) is 10.1 Å². The maximum absolute atomic E-state index is 10.5. The molecule has 0 aliphatic carbocycles. The van der Waals surface area contributed by atoms with Crippen molar-refractivity contribution < 1.29 is 4.92 Å². The minimum Gasteiger partial charge on any atom is -0.325 e. The van der Waals surface area contributed by atoms with Crippen molar-refractivity contribution in [3.63, 3.8) is 0 Å². The number of halogens is 1. The van der Waals surface area contributed by atoms with Crippen LogP contribution in [0.1, 0.15) is 20.3 Å². The maximum atomic E-state index is 10.5. The minimum atomic E-state index is -0.416. The Bertz CT molecular complexity index is 498. The van der Waals surface area contributed by atoms with E-state index in [1.807, 2.05) is 26.0 Å². The summed E-state index contributed by atoms with van der Waals surface area (Å²) in [5.74, 6) is 0. The number of non-ortho nitro benzene ring substituents is 1. The van der Waals surface area contributed by atoms with E-state index < -0.39 is 4.92 Å². The average Bonchev–Trinajstić information content (AvgIpc) is 2.43. The largest absolute Gasteiger partial charge is 0.325 e. The number of benzene rings is 1. The highest BCUT2D eigenvalue weighted by Gasteiger charge is 2.05. The Morgan fingerprint density at radius 1 is 1.47 bits per heavy atom. The lowest BCUT2D eigenvalue weighted by molar-refractivity contribution is -0.384. The van der Waals surface area contributed by atoms with Crippen LogP contribution in [0, 0.1) is 10.1 Å². The zero-order chi connectivity index (χ0) is 14.3. The van der Waals surface area contributed by atoms with Crippen molar-refractivity contribution in [2.45, 2.75) is 25.2 Å². The molecule has 0 aliphatic rings. The van der Waals surface area contributed by atoms with Crippen LogP contribution in [0.25, 0.3) is 0 Å². The first-order valence-electron chi connectivity index (χ1n) is 5.77. The van der Waals surface area contributed by atoms with Gasteiger partial charge in [0.2, 0.25) is 0 Å². The predicted molar refractivity (Wildman–Crippen MR) is 80.1 cm³/mol. The molecule has 1 aromatic carbocycles. The van der Waals surface area contributed by atoms with Gasteiger partial charge in [-0.3, -0.25) is 10.1 Å². The van der Waals surface area contributed by atoms with Crippen LogP contribution in [-0.2, 0) is 0 Å². The van der Waals surface area contributed by atoms with E-state index in [1.165, 1.54) is 24.1 Å². The van der Waals surface area contributed by atoms with Gasteiger partial charge in [0.25, 0.3) is 5.69 Å². The van der Waals surface area contributed by atoms with Gasteiger partial charge in [-0.25, -0.2) is 0 Å². The third-order valence-corrected chi connectivity index (χ3v) is 3.56. The second-order valence-electron chi connectivity index (χ2n) is 3.63. The molecule has 1 rings (SSSR count). The highest BCUT2D eigenvalue weighted by molar-refractivity contribution is 7.97. The summed E-state index contributed by atoms with van der Waals surface area (Å²) in [5.41, 5.74) is 0.926. The smallest absolute Gasteiger partial charge is 0.269 e. The predicted octanol–water partition coefficient (Wildman–Crippen LogP) is 4.63. The molecule has 0 fully saturated rings. The molecule has 0 unspecified atom stereocenters. The molecule has 4 nitrogen and oxygen atoms in total. The van der Waals surface area contributed by atoms with Gasteiger partial charge in [0, 0.05) is 22.1 Å². The van der Waals surface area contributed by atoms with Crippen LogP contribution in [0.15, 0.2) is 52.0 Å². The Balaban J connectivity index is 2.72. The standard InChI is InChI=1S/C13H15ClN2O2S/c1-3-5-13(12(14)4-2)15-19-11-8-6-10(7-9-11)16(17)18/h3,5-9,15H,4H2,1-2H3/b5-3-,13-12-. The van der Waals surface area contributed by atoms with Crippen LogP contribution in [0.4, 0.5) is 5.69 Å². The lowest BCUT2D eigenvalue weighted by Crippen LogP contribution is -2.02. The van der Waals surface area contributed by atoms with Crippen LogP contribution in [0.3, 0.4) is 0 Å². The first kappa shape index (κ1) is 15.6. The van der Waals surface area contributed by atoms with Gasteiger partial charge in [0.1, 0.15) is 0 Å². The number of hydrogen-bond donors (Lipinski definition) is 1. The number of hydrogen-bond acceptors (Lipinski definition) is 4. The van der Waals surface area contributed by atoms with E-state index >= 15 is 0 Å². The molecule has 0 amide bonds. The summed E-state index contributed by atoms with van der Waals surface area (Å²) >= 11 is 7.47. The topological polar surface area (TPSA) is 55.2 Å². The normalized spacial score (nSPS) is 12.4. The zero-order valence-electron chi connectivity index (χ0n) is 10.7. The van der Waals surface area contributed by atoms with Crippen molar-refractivity contribution in [3.05, 3.63) is 57.3 Å². The molecule has 102 valence electrons. The molecule has 0 radical (unpaired) electrons. The van der Waals surface area contributed by atoms with Gasteiger partial charge < -0.3 is 4.72 Å². The first-order valence-corrected chi connectivity index (χ1v) is 6.96. The van der Waals surface area contributed by atoms with Crippen LogP contribution >= 0.6 is 23.5 Å². The molecule has 0 spiro atoms. The zero-order valence-corrected chi connectivity index (χ0v) is 12.3. The molecule has 19 heavy (non-hydrogen) atoms.